The van der Waals surface area contributed by atoms with E-state index >= 15 is 0 Å². The lowest BCUT2D eigenvalue weighted by Gasteiger charge is -2.62. The van der Waals surface area contributed by atoms with E-state index in [1.807, 2.05) is 30.3 Å². The highest BCUT2D eigenvalue weighted by Gasteiger charge is 2.66. The van der Waals surface area contributed by atoms with E-state index in [4.69, 9.17) is 14.0 Å². The van der Waals surface area contributed by atoms with Crippen LogP contribution in [0.1, 0.15) is 48.9 Å². The summed E-state index contributed by atoms with van der Waals surface area (Å²) >= 11 is 0. The molecule has 4 bridgehead atoms. The molecule has 6 rings (SSSR count). The van der Waals surface area contributed by atoms with E-state index in [2.05, 4.69) is 0 Å². The van der Waals surface area contributed by atoms with Crippen LogP contribution in [-0.4, -0.2) is 66.6 Å². The highest BCUT2D eigenvalue weighted by Crippen LogP contribution is 2.67. The Bertz CT molecular complexity index is 1100. The Morgan fingerprint density at radius 2 is 1.72 bits per heavy atom. The second-order valence-corrected chi connectivity index (χ2v) is 14.9. The van der Waals surface area contributed by atoms with Gasteiger partial charge in [-0.3, -0.25) is 9.35 Å². The zero-order chi connectivity index (χ0) is 25.8. The zero-order valence-electron chi connectivity index (χ0n) is 19.9. The van der Waals surface area contributed by atoms with E-state index < -0.39 is 26.8 Å². The number of Topliss-reactive ketones (excluding diaryl/α,β-unsaturated/α-hetero) is 1. The molecule has 1 aromatic rings. The Labute approximate surface area is 212 Å². The number of hydrogen-bond donors (Lipinski definition) is 1. The van der Waals surface area contributed by atoms with Crippen LogP contribution in [0.4, 0.5) is 8.78 Å². The van der Waals surface area contributed by atoms with Crippen molar-refractivity contribution in [3.05, 3.63) is 35.9 Å². The molecule has 5 fully saturated rings. The van der Waals surface area contributed by atoms with Crippen LogP contribution in [0.25, 0.3) is 0 Å². The third-order valence-corrected chi connectivity index (χ3v) is 12.0. The van der Waals surface area contributed by atoms with Crippen LogP contribution >= 0.6 is 0 Å². The van der Waals surface area contributed by atoms with Gasteiger partial charge < -0.3 is 9.47 Å². The number of rotatable bonds is 8. The summed E-state index contributed by atoms with van der Waals surface area (Å²) in [5, 5.41) is -5.23. The fraction of sp³-hybridized carbons (Fsp3) is 0.680. The van der Waals surface area contributed by atoms with Gasteiger partial charge in [0.15, 0.2) is 5.25 Å². The second kappa shape index (κ2) is 9.32. The first-order valence-corrected chi connectivity index (χ1v) is 15.4. The Hall–Kier alpha value is -1.56. The lowest BCUT2D eigenvalue weighted by atomic mass is 9.43. The summed E-state index contributed by atoms with van der Waals surface area (Å²) in [4.78, 5) is 26.0. The Morgan fingerprint density at radius 3 is 2.31 bits per heavy atom. The van der Waals surface area contributed by atoms with Gasteiger partial charge in [-0.15, -0.1) is 0 Å². The Balaban J connectivity index is 1.45. The third-order valence-electron chi connectivity index (χ3n) is 8.46. The molecule has 4 saturated carbocycles. The van der Waals surface area contributed by atoms with Crippen LogP contribution in [0, 0.1) is 22.7 Å². The molecule has 1 aromatic carbocycles. The summed E-state index contributed by atoms with van der Waals surface area (Å²) < 4.78 is 69.0. The molecule has 4 aliphatic carbocycles. The van der Waals surface area contributed by atoms with Gasteiger partial charge in [-0.2, -0.15) is 17.2 Å². The van der Waals surface area contributed by atoms with Crippen LogP contribution in [-0.2, 0) is 35.3 Å². The van der Waals surface area contributed by atoms with Crippen LogP contribution < -0.4 is 0 Å². The summed E-state index contributed by atoms with van der Waals surface area (Å²) in [7, 11) is -6.12. The van der Waals surface area contributed by atoms with E-state index in [0.29, 0.717) is 49.9 Å². The number of esters is 1. The first kappa shape index (κ1) is 26.1. The number of carbonyl (C=O) groups is 2. The van der Waals surface area contributed by atoms with Crippen LogP contribution in [0.3, 0.4) is 0 Å². The predicted octanol–water partition coefficient (Wildman–Crippen LogP) is 3.50. The minimum absolute atomic E-state index is 0.118. The van der Waals surface area contributed by atoms with E-state index in [1.54, 1.807) is 0 Å². The molecule has 0 spiro atoms. The molecule has 0 amide bonds. The van der Waals surface area contributed by atoms with Crippen molar-refractivity contribution in [2.24, 2.45) is 22.7 Å². The molecule has 1 N–H and O–H groups in total. The summed E-state index contributed by atoms with van der Waals surface area (Å²) in [5.41, 5.74) is -0.236. The number of alkyl halides is 2. The van der Waals surface area contributed by atoms with Gasteiger partial charge in [-0.1, -0.05) is 30.3 Å². The lowest BCUT2D eigenvalue weighted by Crippen LogP contribution is -2.62. The number of benzene rings is 1. The van der Waals surface area contributed by atoms with Gasteiger partial charge in [0.1, 0.15) is 11.5 Å². The average molecular weight is 546 g/mol. The van der Waals surface area contributed by atoms with E-state index in [1.165, 1.54) is 0 Å². The monoisotopic (exact) mass is 545 g/mol. The molecule has 3 unspecified atom stereocenters. The highest BCUT2D eigenvalue weighted by atomic mass is 32.2. The molecule has 1 aliphatic heterocycles. The number of hydrogen-bond acceptors (Lipinski definition) is 6. The van der Waals surface area contributed by atoms with E-state index in [9.17, 15) is 26.8 Å². The van der Waals surface area contributed by atoms with E-state index in [-0.39, 0.29) is 34.0 Å². The van der Waals surface area contributed by atoms with Crippen LogP contribution in [0.5, 0.6) is 0 Å². The predicted molar refractivity (Wildman–Crippen MR) is 129 cm³/mol. The number of carbonyl (C=O) groups excluding carboxylic acids is 2. The Kier molecular flexibility index (Phi) is 6.75. The first-order valence-electron chi connectivity index (χ1n) is 12.3. The molecule has 1 heterocycles. The second-order valence-electron chi connectivity index (χ2n) is 11.1. The van der Waals surface area contributed by atoms with Crippen molar-refractivity contribution in [3.8, 4) is 0 Å². The minimum atomic E-state index is -5.92. The maximum Gasteiger partial charge on any atom is 0.465 e. The SMILES string of the molecule is O=C(c1ccccc1)C([S+]1CCOCC1)C12CC3CC(CC(COC(=O)C(F)(F)S(=O)(=O)O)(C3)C1)C2. The Morgan fingerprint density at radius 1 is 1.11 bits per heavy atom. The summed E-state index contributed by atoms with van der Waals surface area (Å²) in [6, 6.07) is 9.27. The maximum atomic E-state index is 14.1. The van der Waals surface area contributed by atoms with Gasteiger partial charge in [0, 0.05) is 27.3 Å². The van der Waals surface area contributed by atoms with Gasteiger partial charge in [0.25, 0.3) is 0 Å². The number of ketones is 1. The van der Waals surface area contributed by atoms with Crippen molar-refractivity contribution < 1.29 is 40.8 Å². The fourth-order valence-corrected chi connectivity index (χ4v) is 10.7. The topological polar surface area (TPSA) is 107 Å². The van der Waals surface area contributed by atoms with Gasteiger partial charge in [-0.05, 0) is 50.4 Å². The summed E-state index contributed by atoms with van der Waals surface area (Å²) in [5.74, 6) is 0.0718. The molecule has 0 radical (unpaired) electrons. The minimum Gasteiger partial charge on any atom is -0.460 e. The van der Waals surface area contributed by atoms with Crippen LogP contribution in [0.15, 0.2) is 30.3 Å². The third kappa shape index (κ3) is 4.61. The van der Waals surface area contributed by atoms with Crippen molar-refractivity contribution in [2.75, 3.05) is 31.3 Å². The van der Waals surface area contributed by atoms with E-state index in [0.717, 1.165) is 30.8 Å². The molecular weight excluding hydrogens is 514 g/mol. The van der Waals surface area contributed by atoms with Gasteiger partial charge in [0.05, 0.1) is 19.8 Å². The van der Waals surface area contributed by atoms with Crippen molar-refractivity contribution in [1.82, 2.24) is 0 Å². The molecule has 1 saturated heterocycles. The molecule has 0 aromatic heterocycles. The number of ether oxygens (including phenoxy) is 2. The highest BCUT2D eigenvalue weighted by molar-refractivity contribution is 7.98. The summed E-state index contributed by atoms with van der Waals surface area (Å²) in [6.45, 7) is 0.880. The van der Waals surface area contributed by atoms with Crippen molar-refractivity contribution in [3.63, 3.8) is 0 Å². The van der Waals surface area contributed by atoms with Gasteiger partial charge in [0.2, 0.25) is 5.78 Å². The fourth-order valence-electron chi connectivity index (χ4n) is 7.72. The molecule has 5 aliphatic rings. The molecule has 3 atom stereocenters. The van der Waals surface area contributed by atoms with Crippen LogP contribution in [0.2, 0.25) is 0 Å². The van der Waals surface area contributed by atoms with Gasteiger partial charge in [-0.25, -0.2) is 4.79 Å². The zero-order valence-corrected chi connectivity index (χ0v) is 21.5. The number of halogens is 2. The molecule has 7 nitrogen and oxygen atoms in total. The quantitative estimate of drug-likeness (QED) is 0.231. The maximum absolute atomic E-state index is 14.1. The smallest absolute Gasteiger partial charge is 0.460 e. The molecule has 36 heavy (non-hydrogen) atoms. The average Bonchev–Trinajstić information content (AvgIpc) is 2.82. The largest absolute Gasteiger partial charge is 0.465 e. The van der Waals surface area contributed by atoms with Crippen molar-refractivity contribution in [1.29, 1.82) is 0 Å². The molecule has 198 valence electrons. The first-order chi connectivity index (χ1) is 16.9. The standard InChI is InChI=1S/C25H30F2O7S2/c26-25(27,36(30,31)32)22(29)34-16-23-11-17-10-18(12-23)14-24(13-17,15-23)21(35-8-6-33-7-9-35)20(28)19-4-2-1-3-5-19/h1-5,17-18,21H,6-16H2/p+1. The normalized spacial score (nSPS) is 33.3. The van der Waals surface area contributed by atoms with Crippen molar-refractivity contribution >= 4 is 32.8 Å². The van der Waals surface area contributed by atoms with Crippen molar-refractivity contribution in [2.45, 2.75) is 49.0 Å². The summed E-state index contributed by atoms with van der Waals surface area (Å²) in [6.07, 6.45) is 4.73. The van der Waals surface area contributed by atoms with Gasteiger partial charge >= 0.3 is 21.3 Å². The lowest BCUT2D eigenvalue weighted by molar-refractivity contribution is -0.177. The molecule has 11 heteroatoms. The molecular formula is C25H31F2O7S2+.